The Balaban J connectivity index is 2.19. The monoisotopic (exact) mass is 191 g/mol. The van der Waals surface area contributed by atoms with Gasteiger partial charge in [-0.15, -0.1) is 0 Å². The van der Waals surface area contributed by atoms with Crippen LogP contribution in [0.15, 0.2) is 0 Å². The third-order valence-electron chi connectivity index (χ3n) is 2.28. The van der Waals surface area contributed by atoms with Gasteiger partial charge in [-0.05, 0) is 19.4 Å². The molecule has 3 nitrogen and oxygen atoms in total. The molecule has 1 N–H and O–H groups in total. The molecule has 0 unspecified atom stereocenters. The summed E-state index contributed by atoms with van der Waals surface area (Å²) in [6, 6.07) is 0. The Morgan fingerprint density at radius 1 is 1.69 bits per heavy atom. The van der Waals surface area contributed by atoms with Crippen molar-refractivity contribution in [3.63, 3.8) is 0 Å². The molecule has 1 fully saturated rings. The molecular weight excluding hydrogens is 173 g/mol. The molecule has 0 aromatic heterocycles. The molecule has 78 valence electrons. The van der Waals surface area contributed by atoms with Crippen molar-refractivity contribution in [1.29, 1.82) is 0 Å². The van der Waals surface area contributed by atoms with E-state index in [4.69, 9.17) is 4.74 Å². The number of hydrogen-bond donors (Lipinski definition) is 1. The first-order chi connectivity index (χ1) is 6.22. The van der Waals surface area contributed by atoms with E-state index >= 15 is 0 Å². The lowest BCUT2D eigenvalue weighted by Crippen LogP contribution is -2.42. The number of ether oxygens (including phenoxy) is 1. The molecule has 0 aliphatic carbocycles. The minimum absolute atomic E-state index is 0.327. The molecule has 1 heterocycles. The molecule has 0 aromatic rings. The smallest absolute Gasteiger partial charge is 0.113 e. The van der Waals surface area contributed by atoms with Crippen LogP contribution in [0.4, 0.5) is 4.39 Å². The molecule has 1 aliphatic rings. The number of rotatable bonds is 4. The van der Waals surface area contributed by atoms with Gasteiger partial charge in [0.2, 0.25) is 0 Å². The number of β-amino-alcohol motifs (C(OH)–C–C–N with tert-alkyl or cyclic N) is 1. The van der Waals surface area contributed by atoms with Gasteiger partial charge in [0.05, 0.1) is 12.7 Å². The van der Waals surface area contributed by atoms with E-state index in [1.807, 2.05) is 4.90 Å². The second-order valence-electron chi connectivity index (χ2n) is 3.61. The van der Waals surface area contributed by atoms with Crippen LogP contribution in [-0.2, 0) is 4.74 Å². The first-order valence-electron chi connectivity index (χ1n) is 4.76. The Kier molecular flexibility index (Phi) is 4.62. The highest BCUT2D eigenvalue weighted by molar-refractivity contribution is 4.74. The van der Waals surface area contributed by atoms with Gasteiger partial charge < -0.3 is 9.84 Å². The maximum atomic E-state index is 12.9. The van der Waals surface area contributed by atoms with Crippen LogP contribution in [0.1, 0.15) is 12.8 Å². The number of alkyl halides is 1. The number of halogens is 1. The van der Waals surface area contributed by atoms with Crippen molar-refractivity contribution in [2.45, 2.75) is 25.1 Å². The van der Waals surface area contributed by atoms with Crippen molar-refractivity contribution in [1.82, 2.24) is 4.90 Å². The number of piperidine rings is 1. The van der Waals surface area contributed by atoms with Crippen LogP contribution in [0.3, 0.4) is 0 Å². The minimum atomic E-state index is -0.719. The Bertz CT molecular complexity index is 146. The van der Waals surface area contributed by atoms with Gasteiger partial charge in [-0.2, -0.15) is 0 Å². The van der Waals surface area contributed by atoms with Crippen LogP contribution < -0.4 is 0 Å². The third kappa shape index (κ3) is 4.02. The number of methoxy groups -OCH3 is 1. The maximum absolute atomic E-state index is 12.9. The van der Waals surface area contributed by atoms with E-state index in [-0.39, 0.29) is 0 Å². The lowest BCUT2D eigenvalue weighted by Gasteiger charge is -2.30. The van der Waals surface area contributed by atoms with Crippen molar-refractivity contribution >= 4 is 0 Å². The van der Waals surface area contributed by atoms with E-state index in [1.165, 1.54) is 0 Å². The second-order valence-corrected chi connectivity index (χ2v) is 3.61. The number of aliphatic hydroxyl groups excluding tert-OH is 1. The summed E-state index contributed by atoms with van der Waals surface area (Å²) >= 11 is 0. The standard InChI is InChI=1S/C9H18FNO2/c1-13-7-9(12)6-11-4-2-3-8(10)5-11/h8-9,12H,2-7H2,1H3/t8-,9-/m1/s1. The number of nitrogens with zero attached hydrogens (tertiary/aromatic N) is 1. The first-order valence-corrected chi connectivity index (χ1v) is 4.76. The Morgan fingerprint density at radius 3 is 3.08 bits per heavy atom. The van der Waals surface area contributed by atoms with E-state index < -0.39 is 12.3 Å². The average molecular weight is 191 g/mol. The van der Waals surface area contributed by atoms with Crippen LogP contribution >= 0.6 is 0 Å². The lowest BCUT2D eigenvalue weighted by molar-refractivity contribution is 0.0235. The molecule has 1 rings (SSSR count). The molecule has 0 spiro atoms. The van der Waals surface area contributed by atoms with Crippen LogP contribution in [0.2, 0.25) is 0 Å². The van der Waals surface area contributed by atoms with Gasteiger partial charge in [-0.25, -0.2) is 4.39 Å². The van der Waals surface area contributed by atoms with Crippen molar-refractivity contribution < 1.29 is 14.2 Å². The largest absolute Gasteiger partial charge is 0.389 e. The van der Waals surface area contributed by atoms with E-state index in [0.717, 1.165) is 13.0 Å². The van der Waals surface area contributed by atoms with E-state index in [9.17, 15) is 9.50 Å². The predicted octanol–water partition coefficient (Wildman–Crippen LogP) is 0.428. The highest BCUT2D eigenvalue weighted by Gasteiger charge is 2.20. The average Bonchev–Trinajstić information content (AvgIpc) is 2.04. The fraction of sp³-hybridized carbons (Fsp3) is 1.00. The fourth-order valence-electron chi connectivity index (χ4n) is 1.71. The quantitative estimate of drug-likeness (QED) is 0.699. The predicted molar refractivity (Wildman–Crippen MR) is 48.5 cm³/mol. The molecule has 1 saturated heterocycles. The second kappa shape index (κ2) is 5.52. The molecule has 0 radical (unpaired) electrons. The third-order valence-corrected chi connectivity index (χ3v) is 2.28. The van der Waals surface area contributed by atoms with E-state index in [2.05, 4.69) is 0 Å². The van der Waals surface area contributed by atoms with Crippen molar-refractivity contribution in [3.05, 3.63) is 0 Å². The van der Waals surface area contributed by atoms with Crippen molar-refractivity contribution in [3.8, 4) is 0 Å². The van der Waals surface area contributed by atoms with Gasteiger partial charge in [0.15, 0.2) is 0 Å². The Hall–Kier alpha value is -0.190. The molecule has 0 aromatic carbocycles. The molecule has 0 amide bonds. The SMILES string of the molecule is COC[C@H](O)CN1CCC[C@@H](F)C1. The van der Waals surface area contributed by atoms with Crippen LogP contribution in [-0.4, -0.2) is 55.6 Å². The molecule has 1 aliphatic heterocycles. The molecule has 0 saturated carbocycles. The summed E-state index contributed by atoms with van der Waals surface area (Å²) in [4.78, 5) is 1.96. The molecule has 2 atom stereocenters. The molecule has 4 heteroatoms. The van der Waals surface area contributed by atoms with E-state index in [0.29, 0.717) is 26.1 Å². The zero-order chi connectivity index (χ0) is 9.68. The zero-order valence-electron chi connectivity index (χ0n) is 8.08. The van der Waals surface area contributed by atoms with Gasteiger partial charge in [0.25, 0.3) is 0 Å². The summed E-state index contributed by atoms with van der Waals surface area (Å²) in [5, 5.41) is 9.40. The first kappa shape index (κ1) is 10.9. The summed E-state index contributed by atoms with van der Waals surface area (Å²) in [6.07, 6.45) is 0.344. The summed E-state index contributed by atoms with van der Waals surface area (Å²) in [6.45, 7) is 2.20. The summed E-state index contributed by atoms with van der Waals surface area (Å²) in [5.74, 6) is 0. The summed E-state index contributed by atoms with van der Waals surface area (Å²) in [7, 11) is 1.55. The van der Waals surface area contributed by atoms with Gasteiger partial charge in [-0.3, -0.25) is 4.90 Å². The van der Waals surface area contributed by atoms with Crippen LogP contribution in [0.5, 0.6) is 0 Å². The normalized spacial score (nSPS) is 27.5. The molecule has 0 bridgehead atoms. The highest BCUT2D eigenvalue weighted by atomic mass is 19.1. The van der Waals surface area contributed by atoms with E-state index in [1.54, 1.807) is 7.11 Å². The topological polar surface area (TPSA) is 32.7 Å². The van der Waals surface area contributed by atoms with Gasteiger partial charge in [0, 0.05) is 20.2 Å². The Labute approximate surface area is 78.5 Å². The number of aliphatic hydroxyl groups is 1. The minimum Gasteiger partial charge on any atom is -0.389 e. The highest BCUT2D eigenvalue weighted by Crippen LogP contribution is 2.12. The summed E-state index contributed by atoms with van der Waals surface area (Å²) < 4.78 is 17.7. The van der Waals surface area contributed by atoms with Crippen molar-refractivity contribution in [2.24, 2.45) is 0 Å². The number of hydrogen-bond acceptors (Lipinski definition) is 3. The van der Waals surface area contributed by atoms with Crippen LogP contribution in [0, 0.1) is 0 Å². The van der Waals surface area contributed by atoms with Gasteiger partial charge in [-0.1, -0.05) is 0 Å². The number of likely N-dealkylation sites (tertiary alicyclic amines) is 1. The Morgan fingerprint density at radius 2 is 2.46 bits per heavy atom. The summed E-state index contributed by atoms with van der Waals surface area (Å²) in [5.41, 5.74) is 0. The van der Waals surface area contributed by atoms with Crippen LogP contribution in [0.25, 0.3) is 0 Å². The zero-order valence-corrected chi connectivity index (χ0v) is 8.08. The lowest BCUT2D eigenvalue weighted by atomic mass is 10.1. The van der Waals surface area contributed by atoms with Gasteiger partial charge in [0.1, 0.15) is 6.17 Å². The maximum Gasteiger partial charge on any atom is 0.113 e. The van der Waals surface area contributed by atoms with Crippen molar-refractivity contribution in [2.75, 3.05) is 33.4 Å². The molecule has 13 heavy (non-hydrogen) atoms. The van der Waals surface area contributed by atoms with Gasteiger partial charge >= 0.3 is 0 Å². The molecular formula is C9H18FNO2. The fourth-order valence-corrected chi connectivity index (χ4v) is 1.71.